The molecule has 20 heavy (non-hydrogen) atoms. The average Bonchev–Trinajstić information content (AvgIpc) is 2.81. The van der Waals surface area contributed by atoms with E-state index in [1.54, 1.807) is 19.2 Å². The van der Waals surface area contributed by atoms with E-state index in [-0.39, 0.29) is 5.75 Å². The van der Waals surface area contributed by atoms with E-state index >= 15 is 0 Å². The molecule has 1 heterocycles. The Morgan fingerprint density at radius 3 is 2.75 bits per heavy atom. The van der Waals surface area contributed by atoms with Crippen LogP contribution in [0.15, 0.2) is 24.4 Å². The largest absolute Gasteiger partial charge is 0.508 e. The van der Waals surface area contributed by atoms with Crippen LogP contribution < -0.4 is 10.1 Å². The highest BCUT2D eigenvalue weighted by molar-refractivity contribution is 5.39. The minimum absolute atomic E-state index is 0.278. The number of nitrogens with one attached hydrogen (secondary N) is 1. The monoisotopic (exact) mass is 275 g/mol. The summed E-state index contributed by atoms with van der Waals surface area (Å²) < 4.78 is 6.99. The Bertz CT molecular complexity index is 578. The molecule has 0 spiro atoms. The van der Waals surface area contributed by atoms with Gasteiger partial charge in [0.2, 0.25) is 0 Å². The van der Waals surface area contributed by atoms with Crippen LogP contribution in [0.2, 0.25) is 0 Å². The highest BCUT2D eigenvalue weighted by Crippen LogP contribution is 2.22. The Balaban J connectivity index is 1.99. The smallest absolute Gasteiger partial charge is 0.120 e. The number of phenolic OH excluding ortho intramolecular Hbond substituents is 1. The maximum absolute atomic E-state index is 9.82. The van der Waals surface area contributed by atoms with Gasteiger partial charge in [0.05, 0.1) is 12.8 Å². The zero-order valence-corrected chi connectivity index (χ0v) is 12.2. The molecule has 1 aromatic carbocycles. The van der Waals surface area contributed by atoms with Gasteiger partial charge in [-0.2, -0.15) is 5.10 Å². The molecule has 0 unspecified atom stereocenters. The van der Waals surface area contributed by atoms with Crippen LogP contribution in [0.4, 0.5) is 0 Å². The van der Waals surface area contributed by atoms with Crippen LogP contribution in [-0.4, -0.2) is 22.0 Å². The van der Waals surface area contributed by atoms with Crippen molar-refractivity contribution in [1.82, 2.24) is 15.1 Å². The number of hydrogen-bond acceptors (Lipinski definition) is 4. The Hall–Kier alpha value is -2.01. The molecule has 0 atom stereocenters. The van der Waals surface area contributed by atoms with Crippen LogP contribution in [0.3, 0.4) is 0 Å². The summed E-state index contributed by atoms with van der Waals surface area (Å²) in [4.78, 5) is 0. The zero-order valence-electron chi connectivity index (χ0n) is 12.2. The van der Waals surface area contributed by atoms with Gasteiger partial charge < -0.3 is 15.2 Å². The van der Waals surface area contributed by atoms with Crippen molar-refractivity contribution in [1.29, 1.82) is 0 Å². The van der Waals surface area contributed by atoms with Gasteiger partial charge >= 0.3 is 0 Å². The standard InChI is InChI=1S/C15H21N3O2/c1-4-14-12(10-18(2)17-14)9-16-8-11-7-13(20-3)5-6-15(11)19/h5-7,10,16,19H,4,8-9H2,1-3H3. The molecule has 0 saturated heterocycles. The van der Waals surface area contributed by atoms with Gasteiger partial charge in [-0.25, -0.2) is 0 Å². The number of hydrogen-bond donors (Lipinski definition) is 2. The van der Waals surface area contributed by atoms with Gasteiger partial charge in [-0.15, -0.1) is 0 Å². The summed E-state index contributed by atoms with van der Waals surface area (Å²) in [6.07, 6.45) is 2.94. The predicted octanol–water partition coefficient (Wildman–Crippen LogP) is 1.99. The number of benzene rings is 1. The summed E-state index contributed by atoms with van der Waals surface area (Å²) in [7, 11) is 3.54. The second kappa shape index (κ2) is 6.43. The second-order valence-electron chi connectivity index (χ2n) is 4.73. The average molecular weight is 275 g/mol. The lowest BCUT2D eigenvalue weighted by molar-refractivity contribution is 0.410. The Kier molecular flexibility index (Phi) is 4.63. The van der Waals surface area contributed by atoms with Crippen LogP contribution in [0.25, 0.3) is 0 Å². The van der Waals surface area contributed by atoms with Gasteiger partial charge in [-0.3, -0.25) is 4.68 Å². The normalized spacial score (nSPS) is 10.8. The van der Waals surface area contributed by atoms with Crippen molar-refractivity contribution in [3.05, 3.63) is 41.2 Å². The van der Waals surface area contributed by atoms with Crippen molar-refractivity contribution >= 4 is 0 Å². The summed E-state index contributed by atoms with van der Waals surface area (Å²) >= 11 is 0. The first-order valence-electron chi connectivity index (χ1n) is 6.72. The molecular formula is C15H21N3O2. The predicted molar refractivity (Wildman–Crippen MR) is 77.8 cm³/mol. The summed E-state index contributed by atoms with van der Waals surface area (Å²) in [6.45, 7) is 3.41. The van der Waals surface area contributed by atoms with Crippen molar-refractivity contribution in [3.8, 4) is 11.5 Å². The van der Waals surface area contributed by atoms with Crippen molar-refractivity contribution in [3.63, 3.8) is 0 Å². The molecule has 0 bridgehead atoms. The number of nitrogens with zero attached hydrogens (tertiary/aromatic N) is 2. The van der Waals surface area contributed by atoms with Crippen molar-refractivity contribution in [2.24, 2.45) is 7.05 Å². The highest BCUT2D eigenvalue weighted by Gasteiger charge is 2.07. The number of phenols is 1. The van der Waals surface area contributed by atoms with Crippen LogP contribution in [0, 0.1) is 0 Å². The van der Waals surface area contributed by atoms with Gasteiger partial charge in [0.25, 0.3) is 0 Å². The number of methoxy groups -OCH3 is 1. The molecule has 0 aliphatic carbocycles. The molecule has 2 rings (SSSR count). The first-order chi connectivity index (χ1) is 9.63. The summed E-state index contributed by atoms with van der Waals surface area (Å²) in [5, 5.41) is 17.6. The molecular weight excluding hydrogens is 254 g/mol. The fourth-order valence-electron chi connectivity index (χ4n) is 2.19. The second-order valence-corrected chi connectivity index (χ2v) is 4.73. The molecule has 2 N–H and O–H groups in total. The lowest BCUT2D eigenvalue weighted by Crippen LogP contribution is -2.13. The highest BCUT2D eigenvalue weighted by atomic mass is 16.5. The van der Waals surface area contributed by atoms with Gasteiger partial charge in [0, 0.05) is 37.5 Å². The number of ether oxygens (including phenoxy) is 1. The third kappa shape index (κ3) is 3.30. The number of aromatic hydroxyl groups is 1. The maximum atomic E-state index is 9.82. The molecule has 5 nitrogen and oxygen atoms in total. The molecule has 1 aromatic heterocycles. The fourth-order valence-corrected chi connectivity index (χ4v) is 2.19. The third-order valence-electron chi connectivity index (χ3n) is 3.24. The van der Waals surface area contributed by atoms with E-state index in [0.29, 0.717) is 6.54 Å². The van der Waals surface area contributed by atoms with E-state index in [2.05, 4.69) is 17.3 Å². The van der Waals surface area contributed by atoms with Crippen LogP contribution in [0.1, 0.15) is 23.7 Å². The SMILES string of the molecule is CCc1nn(C)cc1CNCc1cc(OC)ccc1O. The summed E-state index contributed by atoms with van der Waals surface area (Å²) in [5.74, 6) is 1.02. The van der Waals surface area contributed by atoms with Gasteiger partial charge in [0.1, 0.15) is 11.5 Å². The molecule has 0 amide bonds. The van der Waals surface area contributed by atoms with Gasteiger partial charge in [0.15, 0.2) is 0 Å². The van der Waals surface area contributed by atoms with Crippen LogP contribution in [-0.2, 0) is 26.6 Å². The van der Waals surface area contributed by atoms with Crippen molar-refractivity contribution < 1.29 is 9.84 Å². The third-order valence-corrected chi connectivity index (χ3v) is 3.24. The van der Waals surface area contributed by atoms with Crippen LogP contribution in [0.5, 0.6) is 11.5 Å². The van der Waals surface area contributed by atoms with Gasteiger partial charge in [-0.1, -0.05) is 6.92 Å². The van der Waals surface area contributed by atoms with Crippen LogP contribution >= 0.6 is 0 Å². The minimum atomic E-state index is 0.278. The lowest BCUT2D eigenvalue weighted by atomic mass is 10.1. The van der Waals surface area contributed by atoms with E-state index in [1.165, 1.54) is 5.56 Å². The first-order valence-corrected chi connectivity index (χ1v) is 6.72. The van der Waals surface area contributed by atoms with E-state index in [4.69, 9.17) is 4.74 Å². The topological polar surface area (TPSA) is 59.3 Å². The molecule has 0 radical (unpaired) electrons. The van der Waals surface area contributed by atoms with E-state index in [0.717, 1.165) is 30.0 Å². The van der Waals surface area contributed by atoms with Crippen molar-refractivity contribution in [2.75, 3.05) is 7.11 Å². The van der Waals surface area contributed by atoms with E-state index < -0.39 is 0 Å². The molecule has 0 saturated carbocycles. The van der Waals surface area contributed by atoms with E-state index in [9.17, 15) is 5.11 Å². The molecule has 0 aliphatic heterocycles. The number of aryl methyl sites for hydroxylation is 2. The van der Waals surface area contributed by atoms with Gasteiger partial charge in [-0.05, 0) is 24.6 Å². The molecule has 108 valence electrons. The Labute approximate surface area is 119 Å². The maximum Gasteiger partial charge on any atom is 0.120 e. The van der Waals surface area contributed by atoms with Crippen molar-refractivity contribution in [2.45, 2.75) is 26.4 Å². The zero-order chi connectivity index (χ0) is 14.5. The first kappa shape index (κ1) is 14.4. The number of rotatable bonds is 6. The molecule has 0 fully saturated rings. The lowest BCUT2D eigenvalue weighted by Gasteiger charge is -2.08. The summed E-state index contributed by atoms with van der Waals surface area (Å²) in [5.41, 5.74) is 3.12. The summed E-state index contributed by atoms with van der Waals surface area (Å²) in [6, 6.07) is 5.23. The quantitative estimate of drug-likeness (QED) is 0.846. The Morgan fingerprint density at radius 2 is 2.05 bits per heavy atom. The fraction of sp³-hybridized carbons (Fsp3) is 0.400. The van der Waals surface area contributed by atoms with E-state index in [1.807, 2.05) is 24.0 Å². The number of aromatic nitrogens is 2. The molecule has 2 aromatic rings. The minimum Gasteiger partial charge on any atom is -0.508 e. The Morgan fingerprint density at radius 1 is 1.30 bits per heavy atom. The molecule has 0 aliphatic rings. The molecule has 5 heteroatoms.